The average Bonchev–Trinajstić information content (AvgIpc) is 2.46. The number of rotatable bonds is 5. The Balaban J connectivity index is 2.02. The molecule has 5 N–H and O–H groups in total. The van der Waals surface area contributed by atoms with Gasteiger partial charge in [-0.2, -0.15) is 4.98 Å². The Bertz CT molecular complexity index is 672. The minimum Gasteiger partial charge on any atom is -0.383 e. The van der Waals surface area contributed by atoms with Crippen molar-refractivity contribution in [1.82, 2.24) is 9.97 Å². The molecule has 105 valence electrons. The number of anilines is 1. The number of nitrogens with one attached hydrogen (secondary N) is 1. The van der Waals surface area contributed by atoms with Gasteiger partial charge in [-0.3, -0.25) is 8.74 Å². The molecular weight excluding hydrogens is 391 g/mol. The molecule has 0 atom stereocenters. The first-order chi connectivity index (χ1) is 9.60. The molecule has 0 bridgehead atoms. The molecule has 1 radical (unpaired) electrons. The van der Waals surface area contributed by atoms with E-state index >= 15 is 0 Å². The SMILES string of the molecule is N[I]c1ccc(C(=O)CSc2c[nH]c(=O)nc2N)cc1. The number of H-pyrrole nitrogens is 1. The summed E-state index contributed by atoms with van der Waals surface area (Å²) in [6, 6.07) is 7.31. The Morgan fingerprint density at radius 2 is 2.05 bits per heavy atom. The molecular formula is C12H12IN4O2S. The largest absolute Gasteiger partial charge is 0.383 e. The number of aromatic nitrogens is 2. The molecule has 0 aliphatic carbocycles. The molecule has 1 heterocycles. The van der Waals surface area contributed by atoms with Crippen molar-refractivity contribution in [1.29, 1.82) is 0 Å². The molecule has 2 rings (SSSR count). The van der Waals surface area contributed by atoms with Gasteiger partial charge >= 0.3 is 5.69 Å². The molecule has 2 aromatic rings. The summed E-state index contributed by atoms with van der Waals surface area (Å²) in [4.78, 5) is 29.5. The molecule has 1 aromatic heterocycles. The number of carbonyl (C=O) groups is 1. The van der Waals surface area contributed by atoms with Crippen LogP contribution in [-0.4, -0.2) is 21.5 Å². The number of nitrogens with two attached hydrogens (primary N) is 2. The fourth-order valence-corrected chi connectivity index (χ4v) is 3.01. The normalized spacial score (nSPS) is 10.4. The predicted octanol–water partition coefficient (Wildman–Crippen LogP) is 1.34. The van der Waals surface area contributed by atoms with Crippen molar-refractivity contribution in [2.24, 2.45) is 3.95 Å². The second kappa shape index (κ2) is 6.86. The second-order valence-electron chi connectivity index (χ2n) is 3.78. The Hall–Kier alpha value is -1.39. The highest BCUT2D eigenvalue weighted by atomic mass is 127. The van der Waals surface area contributed by atoms with E-state index in [9.17, 15) is 9.59 Å². The third kappa shape index (κ3) is 3.81. The lowest BCUT2D eigenvalue weighted by atomic mass is 10.2. The summed E-state index contributed by atoms with van der Waals surface area (Å²) in [5, 5.41) is 0. The Morgan fingerprint density at radius 3 is 2.65 bits per heavy atom. The summed E-state index contributed by atoms with van der Waals surface area (Å²) >= 11 is 0.793. The van der Waals surface area contributed by atoms with E-state index in [1.54, 1.807) is 12.1 Å². The number of hydrogen-bond acceptors (Lipinski definition) is 6. The Morgan fingerprint density at radius 1 is 1.35 bits per heavy atom. The van der Waals surface area contributed by atoms with Crippen LogP contribution < -0.4 is 15.4 Å². The Labute approximate surface area is 130 Å². The third-order valence-corrected chi connectivity index (χ3v) is 4.93. The van der Waals surface area contributed by atoms with Crippen molar-refractivity contribution in [2.45, 2.75) is 4.90 Å². The van der Waals surface area contributed by atoms with E-state index in [0.717, 1.165) is 3.57 Å². The molecule has 6 nitrogen and oxygen atoms in total. The van der Waals surface area contributed by atoms with E-state index in [-0.39, 0.29) is 17.4 Å². The molecule has 0 aliphatic heterocycles. The van der Waals surface area contributed by atoms with Crippen LogP contribution in [0.2, 0.25) is 0 Å². The van der Waals surface area contributed by atoms with Crippen LogP contribution in [-0.2, 0) is 0 Å². The van der Waals surface area contributed by atoms with E-state index < -0.39 is 27.2 Å². The standard InChI is InChI=1S/C12H12IN4O2S/c14-11-10(5-16-12(19)17-11)20-6-9(18)7-1-3-8(13-15)4-2-7/h1-5H,6,15H2,(H3,14,16,17,19). The first-order valence-electron chi connectivity index (χ1n) is 5.55. The molecule has 0 amide bonds. The van der Waals surface area contributed by atoms with Gasteiger partial charge in [-0.15, -0.1) is 11.8 Å². The number of carbonyl (C=O) groups excluding carboxylic acids is 1. The van der Waals surface area contributed by atoms with Crippen LogP contribution in [0.5, 0.6) is 0 Å². The van der Waals surface area contributed by atoms with Gasteiger partial charge in [-0.25, -0.2) is 4.79 Å². The number of aromatic amines is 1. The number of halogens is 1. The van der Waals surface area contributed by atoms with Crippen LogP contribution in [0, 0.1) is 3.57 Å². The van der Waals surface area contributed by atoms with Crippen LogP contribution in [0.25, 0.3) is 0 Å². The highest BCUT2D eigenvalue weighted by molar-refractivity contribution is 14.2. The van der Waals surface area contributed by atoms with Gasteiger partial charge in [-0.1, -0.05) is 12.1 Å². The minimum atomic E-state index is -0.501. The highest BCUT2D eigenvalue weighted by Crippen LogP contribution is 2.22. The first-order valence-corrected chi connectivity index (χ1v) is 8.86. The number of nitrogens with zero attached hydrogens (tertiary/aromatic N) is 1. The van der Waals surface area contributed by atoms with Crippen molar-refractivity contribution < 1.29 is 4.79 Å². The van der Waals surface area contributed by atoms with Gasteiger partial charge in [-0.05, 0) is 33.6 Å². The van der Waals surface area contributed by atoms with Crippen molar-refractivity contribution in [3.05, 3.63) is 50.1 Å². The number of thioether (sulfide) groups is 1. The van der Waals surface area contributed by atoms with Gasteiger partial charge in [0.2, 0.25) is 0 Å². The molecule has 8 heteroatoms. The zero-order valence-electron chi connectivity index (χ0n) is 10.3. The summed E-state index contributed by atoms with van der Waals surface area (Å²) in [5.74, 6) is 0.353. The van der Waals surface area contributed by atoms with E-state index in [2.05, 4.69) is 9.97 Å². The van der Waals surface area contributed by atoms with E-state index in [1.165, 1.54) is 18.0 Å². The van der Waals surface area contributed by atoms with Crippen molar-refractivity contribution in [2.75, 3.05) is 11.5 Å². The summed E-state index contributed by atoms with van der Waals surface area (Å²) < 4.78 is 6.70. The molecule has 0 fully saturated rings. The van der Waals surface area contributed by atoms with Gasteiger partial charge in [0.25, 0.3) is 0 Å². The predicted molar refractivity (Wildman–Crippen MR) is 87.7 cm³/mol. The minimum absolute atomic E-state index is 0.0117. The zero-order valence-corrected chi connectivity index (χ0v) is 13.3. The second-order valence-corrected chi connectivity index (χ2v) is 6.67. The van der Waals surface area contributed by atoms with Crippen LogP contribution in [0.3, 0.4) is 0 Å². The van der Waals surface area contributed by atoms with Gasteiger partial charge < -0.3 is 10.7 Å². The lowest BCUT2D eigenvalue weighted by Crippen LogP contribution is -2.13. The monoisotopic (exact) mass is 403 g/mol. The number of hydrogen-bond donors (Lipinski definition) is 3. The quantitative estimate of drug-likeness (QED) is 0.301. The van der Waals surface area contributed by atoms with Gasteiger partial charge in [0.05, 0.1) is 10.6 Å². The van der Waals surface area contributed by atoms with Gasteiger partial charge in [0.15, 0.2) is 5.78 Å². The smallest absolute Gasteiger partial charge is 0.346 e. The maximum atomic E-state index is 12.0. The van der Waals surface area contributed by atoms with E-state index in [1.807, 2.05) is 12.1 Å². The summed E-state index contributed by atoms with van der Waals surface area (Å²) in [5.41, 5.74) is 5.74. The molecule has 1 aromatic carbocycles. The van der Waals surface area contributed by atoms with Gasteiger partial charge in [0, 0.05) is 15.3 Å². The maximum absolute atomic E-state index is 12.0. The number of ketones is 1. The number of Topliss-reactive ketones (excluding diaryl/α,β-unsaturated/α-hetero) is 1. The first kappa shape index (κ1) is 15.0. The fourth-order valence-electron chi connectivity index (χ4n) is 1.45. The summed E-state index contributed by atoms with van der Waals surface area (Å²) in [6.45, 7) is 0. The fraction of sp³-hybridized carbons (Fsp3) is 0.0833. The van der Waals surface area contributed by atoms with E-state index in [0.29, 0.717) is 10.5 Å². The summed E-state index contributed by atoms with van der Waals surface area (Å²) in [6.07, 6.45) is 1.46. The van der Waals surface area contributed by atoms with Crippen molar-refractivity contribution in [3.8, 4) is 0 Å². The zero-order chi connectivity index (χ0) is 14.5. The van der Waals surface area contributed by atoms with Crippen LogP contribution in [0.1, 0.15) is 10.4 Å². The van der Waals surface area contributed by atoms with Gasteiger partial charge in [0.1, 0.15) is 5.82 Å². The molecule has 20 heavy (non-hydrogen) atoms. The van der Waals surface area contributed by atoms with Crippen LogP contribution in [0.15, 0.2) is 40.2 Å². The van der Waals surface area contributed by atoms with Crippen LogP contribution in [0.4, 0.5) is 5.82 Å². The maximum Gasteiger partial charge on any atom is 0.346 e. The lowest BCUT2D eigenvalue weighted by molar-refractivity contribution is 0.102. The van der Waals surface area contributed by atoms with Crippen molar-refractivity contribution in [3.63, 3.8) is 0 Å². The summed E-state index contributed by atoms with van der Waals surface area (Å²) in [7, 11) is 0. The average molecular weight is 403 g/mol. The molecule has 0 unspecified atom stereocenters. The number of nitrogen functional groups attached to an aromatic ring is 1. The Kier molecular flexibility index (Phi) is 5.15. The molecule has 0 aliphatic rings. The van der Waals surface area contributed by atoms with Crippen LogP contribution >= 0.6 is 33.2 Å². The molecule has 0 spiro atoms. The lowest BCUT2D eigenvalue weighted by Gasteiger charge is -2.04. The van der Waals surface area contributed by atoms with E-state index in [4.69, 9.17) is 9.68 Å². The molecule has 0 saturated carbocycles. The third-order valence-electron chi connectivity index (χ3n) is 2.45. The highest BCUT2D eigenvalue weighted by Gasteiger charge is 2.09. The molecule has 0 saturated heterocycles. The topological polar surface area (TPSA) is 115 Å². The number of benzene rings is 1. The van der Waals surface area contributed by atoms with Crippen molar-refractivity contribution >= 4 is 44.8 Å².